The standard InChI is InChI=1S/C21H27N5O3/c1-28-17-4-6-18(7-5-17)29-16-21(27)26-14-12-25(13-15-26)20-9-8-19(22-23-20)24-10-2-3-11-24/h4-9H,2-3,10-16H2,1H3. The van der Waals surface area contributed by atoms with Crippen molar-refractivity contribution in [3.8, 4) is 11.5 Å². The minimum absolute atomic E-state index is 0.00377. The van der Waals surface area contributed by atoms with Crippen molar-refractivity contribution in [3.63, 3.8) is 0 Å². The second kappa shape index (κ2) is 8.98. The molecule has 0 radical (unpaired) electrons. The molecule has 0 spiro atoms. The van der Waals surface area contributed by atoms with Crippen LogP contribution in [0, 0.1) is 0 Å². The summed E-state index contributed by atoms with van der Waals surface area (Å²) in [6.07, 6.45) is 2.45. The minimum Gasteiger partial charge on any atom is -0.497 e. The van der Waals surface area contributed by atoms with Gasteiger partial charge in [0.25, 0.3) is 5.91 Å². The number of benzene rings is 1. The Hall–Kier alpha value is -3.03. The smallest absolute Gasteiger partial charge is 0.260 e. The third-order valence-electron chi connectivity index (χ3n) is 5.44. The molecule has 0 aliphatic carbocycles. The Morgan fingerprint density at radius 3 is 1.93 bits per heavy atom. The second-order valence-electron chi connectivity index (χ2n) is 7.28. The second-order valence-corrected chi connectivity index (χ2v) is 7.28. The Balaban J connectivity index is 1.24. The molecule has 1 aromatic heterocycles. The lowest BCUT2D eigenvalue weighted by molar-refractivity contribution is -0.133. The molecule has 154 valence electrons. The van der Waals surface area contributed by atoms with Gasteiger partial charge in [-0.15, -0.1) is 10.2 Å². The first-order valence-corrected chi connectivity index (χ1v) is 10.1. The van der Waals surface area contributed by atoms with Crippen LogP contribution in [0.25, 0.3) is 0 Å². The van der Waals surface area contributed by atoms with Gasteiger partial charge in [-0.05, 0) is 49.2 Å². The number of carbonyl (C=O) groups is 1. The Morgan fingerprint density at radius 2 is 1.38 bits per heavy atom. The molecule has 0 bridgehead atoms. The lowest BCUT2D eigenvalue weighted by Gasteiger charge is -2.35. The third kappa shape index (κ3) is 4.70. The summed E-state index contributed by atoms with van der Waals surface area (Å²) in [7, 11) is 1.62. The van der Waals surface area contributed by atoms with E-state index in [0.29, 0.717) is 18.8 Å². The molecule has 2 aliphatic heterocycles. The lowest BCUT2D eigenvalue weighted by Crippen LogP contribution is -2.50. The number of ether oxygens (including phenoxy) is 2. The van der Waals surface area contributed by atoms with E-state index in [2.05, 4.69) is 20.0 Å². The quantitative estimate of drug-likeness (QED) is 0.736. The van der Waals surface area contributed by atoms with Gasteiger partial charge in [-0.1, -0.05) is 0 Å². The summed E-state index contributed by atoms with van der Waals surface area (Å²) in [5.41, 5.74) is 0. The zero-order valence-corrected chi connectivity index (χ0v) is 16.8. The molecular weight excluding hydrogens is 370 g/mol. The molecule has 8 nitrogen and oxygen atoms in total. The molecule has 2 aromatic rings. The van der Waals surface area contributed by atoms with Crippen LogP contribution in [0.5, 0.6) is 11.5 Å². The van der Waals surface area contributed by atoms with Gasteiger partial charge in [0.05, 0.1) is 7.11 Å². The molecule has 2 fully saturated rings. The number of aromatic nitrogens is 2. The zero-order valence-electron chi connectivity index (χ0n) is 16.8. The van der Waals surface area contributed by atoms with Gasteiger partial charge in [0, 0.05) is 39.3 Å². The van der Waals surface area contributed by atoms with Gasteiger partial charge in [0.1, 0.15) is 11.5 Å². The van der Waals surface area contributed by atoms with Crippen LogP contribution in [0.1, 0.15) is 12.8 Å². The lowest BCUT2D eigenvalue weighted by atomic mass is 10.3. The van der Waals surface area contributed by atoms with Gasteiger partial charge in [0.15, 0.2) is 18.2 Å². The molecule has 1 amide bonds. The number of rotatable bonds is 6. The SMILES string of the molecule is COc1ccc(OCC(=O)N2CCN(c3ccc(N4CCCC4)nn3)CC2)cc1. The first kappa shape index (κ1) is 19.3. The van der Waals surface area contributed by atoms with E-state index in [9.17, 15) is 4.79 Å². The molecule has 0 atom stereocenters. The van der Waals surface area contributed by atoms with E-state index in [1.54, 1.807) is 19.2 Å². The van der Waals surface area contributed by atoms with Crippen LogP contribution in [-0.4, -0.2) is 74.0 Å². The summed E-state index contributed by atoms with van der Waals surface area (Å²) in [6, 6.07) is 11.3. The molecule has 2 aliphatic rings. The van der Waals surface area contributed by atoms with E-state index in [0.717, 1.165) is 43.6 Å². The molecular formula is C21H27N5O3. The van der Waals surface area contributed by atoms with Gasteiger partial charge in [-0.25, -0.2) is 0 Å². The maximum Gasteiger partial charge on any atom is 0.260 e. The molecule has 0 unspecified atom stereocenters. The van der Waals surface area contributed by atoms with E-state index in [1.807, 2.05) is 29.2 Å². The summed E-state index contributed by atoms with van der Waals surface area (Å²) in [5, 5.41) is 8.79. The van der Waals surface area contributed by atoms with Crippen LogP contribution >= 0.6 is 0 Å². The van der Waals surface area contributed by atoms with E-state index in [-0.39, 0.29) is 12.5 Å². The highest BCUT2D eigenvalue weighted by molar-refractivity contribution is 5.78. The van der Waals surface area contributed by atoms with Gasteiger partial charge < -0.3 is 24.2 Å². The maximum atomic E-state index is 12.5. The van der Waals surface area contributed by atoms with Gasteiger partial charge in [-0.2, -0.15) is 0 Å². The van der Waals surface area contributed by atoms with Crippen molar-refractivity contribution in [2.24, 2.45) is 0 Å². The Kier molecular flexibility index (Phi) is 5.97. The summed E-state index contributed by atoms with van der Waals surface area (Å²) < 4.78 is 10.7. The van der Waals surface area contributed by atoms with Gasteiger partial charge >= 0.3 is 0 Å². The Bertz CT molecular complexity index is 798. The van der Waals surface area contributed by atoms with Crippen molar-refractivity contribution in [1.29, 1.82) is 0 Å². The Morgan fingerprint density at radius 1 is 0.828 bits per heavy atom. The van der Waals surface area contributed by atoms with E-state index < -0.39 is 0 Å². The van der Waals surface area contributed by atoms with Crippen molar-refractivity contribution in [3.05, 3.63) is 36.4 Å². The third-order valence-corrected chi connectivity index (χ3v) is 5.44. The fourth-order valence-electron chi connectivity index (χ4n) is 3.69. The van der Waals surface area contributed by atoms with Crippen LogP contribution in [0.4, 0.5) is 11.6 Å². The van der Waals surface area contributed by atoms with Crippen molar-refractivity contribution < 1.29 is 14.3 Å². The van der Waals surface area contributed by atoms with Crippen molar-refractivity contribution in [2.45, 2.75) is 12.8 Å². The van der Waals surface area contributed by atoms with Gasteiger partial charge in [0.2, 0.25) is 0 Å². The van der Waals surface area contributed by atoms with E-state index in [1.165, 1.54) is 12.8 Å². The van der Waals surface area contributed by atoms with Crippen LogP contribution in [0.3, 0.4) is 0 Å². The molecule has 2 saturated heterocycles. The molecule has 4 rings (SSSR count). The average molecular weight is 397 g/mol. The van der Waals surface area contributed by atoms with Crippen LogP contribution in [0.15, 0.2) is 36.4 Å². The summed E-state index contributed by atoms with van der Waals surface area (Å²) in [4.78, 5) is 18.7. The monoisotopic (exact) mass is 397 g/mol. The van der Waals surface area contributed by atoms with Crippen LogP contribution in [0.2, 0.25) is 0 Å². The zero-order chi connectivity index (χ0) is 20.1. The number of nitrogens with zero attached hydrogens (tertiary/aromatic N) is 5. The fourth-order valence-corrected chi connectivity index (χ4v) is 3.69. The minimum atomic E-state index is -0.00377. The first-order chi connectivity index (χ1) is 14.2. The van der Waals surface area contributed by atoms with Crippen molar-refractivity contribution in [1.82, 2.24) is 15.1 Å². The number of hydrogen-bond acceptors (Lipinski definition) is 7. The number of piperazine rings is 1. The number of carbonyl (C=O) groups excluding carboxylic acids is 1. The molecule has 1 aromatic carbocycles. The number of amides is 1. The summed E-state index contributed by atoms with van der Waals surface area (Å²) >= 11 is 0. The molecule has 0 N–H and O–H groups in total. The maximum absolute atomic E-state index is 12.5. The number of hydrogen-bond donors (Lipinski definition) is 0. The van der Waals surface area contributed by atoms with Crippen LogP contribution < -0.4 is 19.3 Å². The highest BCUT2D eigenvalue weighted by Crippen LogP contribution is 2.20. The molecule has 8 heteroatoms. The fraction of sp³-hybridized carbons (Fsp3) is 0.476. The molecule has 3 heterocycles. The summed E-state index contributed by atoms with van der Waals surface area (Å²) in [6.45, 7) is 4.95. The molecule has 29 heavy (non-hydrogen) atoms. The first-order valence-electron chi connectivity index (χ1n) is 10.1. The highest BCUT2D eigenvalue weighted by Gasteiger charge is 2.23. The van der Waals surface area contributed by atoms with Crippen LogP contribution in [-0.2, 0) is 4.79 Å². The summed E-state index contributed by atoms with van der Waals surface area (Å²) in [5.74, 6) is 3.24. The predicted molar refractivity (Wildman–Crippen MR) is 111 cm³/mol. The van der Waals surface area contributed by atoms with Gasteiger partial charge in [-0.3, -0.25) is 4.79 Å². The largest absolute Gasteiger partial charge is 0.497 e. The Labute approximate surface area is 171 Å². The van der Waals surface area contributed by atoms with Crippen molar-refractivity contribution >= 4 is 17.5 Å². The van der Waals surface area contributed by atoms with E-state index in [4.69, 9.17) is 9.47 Å². The number of methoxy groups -OCH3 is 1. The van der Waals surface area contributed by atoms with E-state index >= 15 is 0 Å². The number of anilines is 2. The highest BCUT2D eigenvalue weighted by atomic mass is 16.5. The molecule has 0 saturated carbocycles. The topological polar surface area (TPSA) is 71.0 Å². The average Bonchev–Trinajstić information content (AvgIpc) is 3.33. The predicted octanol–water partition coefficient (Wildman–Crippen LogP) is 1.81. The van der Waals surface area contributed by atoms with Crippen molar-refractivity contribution in [2.75, 3.05) is 62.8 Å². The normalized spacial score (nSPS) is 16.8.